The fourth-order valence-electron chi connectivity index (χ4n) is 1.30. The van der Waals surface area contributed by atoms with E-state index in [0.717, 1.165) is 5.56 Å². The molecule has 18 heavy (non-hydrogen) atoms. The Morgan fingerprint density at radius 1 is 1.44 bits per heavy atom. The molecule has 0 radical (unpaired) electrons. The lowest BCUT2D eigenvalue weighted by Gasteiger charge is -2.06. The number of halogens is 1. The number of nitrogens with one attached hydrogen (secondary N) is 1. The minimum Gasteiger partial charge on any atom is -0.481 e. The SMILES string of the molecule is Cc1ccc(F)c(C(=O)NCCSCC(=O)O)c1. The maximum Gasteiger partial charge on any atom is 0.313 e. The highest BCUT2D eigenvalue weighted by atomic mass is 32.2. The third kappa shape index (κ3) is 4.75. The van der Waals surface area contributed by atoms with Crippen LogP contribution in [0.2, 0.25) is 0 Å². The van der Waals surface area contributed by atoms with Crippen molar-refractivity contribution in [3.8, 4) is 0 Å². The van der Waals surface area contributed by atoms with Crippen LogP contribution in [0.25, 0.3) is 0 Å². The molecule has 2 N–H and O–H groups in total. The molecule has 1 amide bonds. The van der Waals surface area contributed by atoms with Crippen LogP contribution in [0.5, 0.6) is 0 Å². The van der Waals surface area contributed by atoms with Crippen LogP contribution in [-0.4, -0.2) is 35.0 Å². The number of rotatable bonds is 6. The molecule has 0 bridgehead atoms. The van der Waals surface area contributed by atoms with E-state index >= 15 is 0 Å². The van der Waals surface area contributed by atoms with Gasteiger partial charge in [0.2, 0.25) is 0 Å². The molecule has 0 unspecified atom stereocenters. The topological polar surface area (TPSA) is 66.4 Å². The zero-order valence-corrected chi connectivity index (χ0v) is 10.7. The lowest BCUT2D eigenvalue weighted by atomic mass is 10.1. The summed E-state index contributed by atoms with van der Waals surface area (Å²) in [5.74, 6) is -1.46. The molecule has 98 valence electrons. The summed E-state index contributed by atoms with van der Waals surface area (Å²) in [5.41, 5.74) is 0.819. The number of aliphatic carboxylic acids is 1. The zero-order chi connectivity index (χ0) is 13.5. The molecule has 1 aromatic rings. The largest absolute Gasteiger partial charge is 0.481 e. The average molecular weight is 271 g/mol. The molecule has 4 nitrogen and oxygen atoms in total. The summed E-state index contributed by atoms with van der Waals surface area (Å²) < 4.78 is 13.4. The van der Waals surface area contributed by atoms with Crippen LogP contribution in [0.4, 0.5) is 4.39 Å². The smallest absolute Gasteiger partial charge is 0.313 e. The number of carboxylic acids is 1. The molecule has 0 aliphatic rings. The Hall–Kier alpha value is -1.56. The van der Waals surface area contributed by atoms with Crippen molar-refractivity contribution in [2.75, 3.05) is 18.1 Å². The van der Waals surface area contributed by atoms with Crippen molar-refractivity contribution in [1.82, 2.24) is 5.32 Å². The number of carbonyl (C=O) groups is 2. The highest BCUT2D eigenvalue weighted by molar-refractivity contribution is 7.99. The highest BCUT2D eigenvalue weighted by Crippen LogP contribution is 2.09. The van der Waals surface area contributed by atoms with Gasteiger partial charge < -0.3 is 10.4 Å². The van der Waals surface area contributed by atoms with Gasteiger partial charge >= 0.3 is 5.97 Å². The Kier molecular flexibility index (Phi) is 5.64. The van der Waals surface area contributed by atoms with Gasteiger partial charge in [-0.2, -0.15) is 0 Å². The number of amides is 1. The molecule has 0 saturated heterocycles. The first-order valence-corrected chi connectivity index (χ1v) is 6.50. The molecule has 0 aliphatic heterocycles. The second-order valence-corrected chi connectivity index (χ2v) is 4.79. The first kappa shape index (κ1) is 14.5. The van der Waals surface area contributed by atoms with E-state index in [1.54, 1.807) is 13.0 Å². The molecular weight excluding hydrogens is 257 g/mol. The first-order valence-electron chi connectivity index (χ1n) is 5.34. The first-order chi connectivity index (χ1) is 8.50. The van der Waals surface area contributed by atoms with Crippen molar-refractivity contribution in [1.29, 1.82) is 0 Å². The third-order valence-electron chi connectivity index (χ3n) is 2.12. The van der Waals surface area contributed by atoms with E-state index in [4.69, 9.17) is 5.11 Å². The Bertz CT molecular complexity index is 451. The normalized spacial score (nSPS) is 10.1. The number of carboxylic acid groups (broad SMARTS) is 1. The van der Waals surface area contributed by atoms with Gasteiger partial charge in [0, 0.05) is 12.3 Å². The second kappa shape index (κ2) is 7.00. The number of hydrogen-bond donors (Lipinski definition) is 2. The minimum atomic E-state index is -0.893. The lowest BCUT2D eigenvalue weighted by Crippen LogP contribution is -2.27. The molecule has 0 fully saturated rings. The van der Waals surface area contributed by atoms with Gasteiger partial charge in [-0.1, -0.05) is 11.6 Å². The third-order valence-corrected chi connectivity index (χ3v) is 3.07. The molecule has 1 aromatic carbocycles. The van der Waals surface area contributed by atoms with Crippen molar-refractivity contribution in [3.63, 3.8) is 0 Å². The van der Waals surface area contributed by atoms with Gasteiger partial charge in [0.15, 0.2) is 0 Å². The lowest BCUT2D eigenvalue weighted by molar-refractivity contribution is -0.133. The van der Waals surface area contributed by atoms with Crippen molar-refractivity contribution < 1.29 is 19.1 Å². The molecule has 0 atom stereocenters. The molecule has 0 aliphatic carbocycles. The van der Waals surface area contributed by atoms with Crippen molar-refractivity contribution in [2.24, 2.45) is 0 Å². The Morgan fingerprint density at radius 2 is 2.17 bits per heavy atom. The van der Waals surface area contributed by atoms with E-state index in [2.05, 4.69) is 5.32 Å². The summed E-state index contributed by atoms with van der Waals surface area (Å²) in [4.78, 5) is 21.9. The molecule has 6 heteroatoms. The quantitative estimate of drug-likeness (QED) is 0.773. The Balaban J connectivity index is 2.41. The Morgan fingerprint density at radius 3 is 2.83 bits per heavy atom. The summed E-state index contributed by atoms with van der Waals surface area (Å²) >= 11 is 1.20. The van der Waals surface area contributed by atoms with Crippen LogP contribution >= 0.6 is 11.8 Å². The van der Waals surface area contributed by atoms with Gasteiger partial charge in [-0.05, 0) is 19.1 Å². The van der Waals surface area contributed by atoms with Gasteiger partial charge in [-0.15, -0.1) is 11.8 Å². The number of benzene rings is 1. The van der Waals surface area contributed by atoms with Gasteiger partial charge in [0.25, 0.3) is 5.91 Å². The van der Waals surface area contributed by atoms with Crippen molar-refractivity contribution in [2.45, 2.75) is 6.92 Å². The fourth-order valence-corrected chi connectivity index (χ4v) is 1.87. The number of carbonyl (C=O) groups excluding carboxylic acids is 1. The summed E-state index contributed by atoms with van der Waals surface area (Å²) in [5, 5.41) is 11.0. The fraction of sp³-hybridized carbons (Fsp3) is 0.333. The van der Waals surface area contributed by atoms with Crippen molar-refractivity contribution >= 4 is 23.6 Å². The summed E-state index contributed by atoms with van der Waals surface area (Å²) in [6.07, 6.45) is 0. The molecular formula is C12H14FNO3S. The summed E-state index contributed by atoms with van der Waals surface area (Å²) in [6, 6.07) is 4.33. The number of hydrogen-bond acceptors (Lipinski definition) is 3. The second-order valence-electron chi connectivity index (χ2n) is 3.69. The molecule has 0 heterocycles. The van der Waals surface area contributed by atoms with Gasteiger partial charge in [0.05, 0.1) is 11.3 Å². The molecule has 0 aromatic heterocycles. The van der Waals surface area contributed by atoms with E-state index in [9.17, 15) is 14.0 Å². The van der Waals surface area contributed by atoms with Crippen LogP contribution in [0.1, 0.15) is 15.9 Å². The predicted octanol–water partition coefficient (Wildman–Crippen LogP) is 1.68. The molecule has 1 rings (SSSR count). The van der Waals surface area contributed by atoms with E-state index in [1.807, 2.05) is 0 Å². The van der Waals surface area contributed by atoms with Crippen LogP contribution in [-0.2, 0) is 4.79 Å². The zero-order valence-electron chi connectivity index (χ0n) is 9.90. The summed E-state index contributed by atoms with van der Waals surface area (Å²) in [6.45, 7) is 2.09. The maximum absolute atomic E-state index is 13.4. The van der Waals surface area contributed by atoms with E-state index < -0.39 is 17.7 Å². The van der Waals surface area contributed by atoms with E-state index in [1.165, 1.54) is 23.9 Å². The van der Waals surface area contributed by atoms with E-state index in [-0.39, 0.29) is 11.3 Å². The van der Waals surface area contributed by atoms with Crippen LogP contribution in [0.15, 0.2) is 18.2 Å². The van der Waals surface area contributed by atoms with Crippen LogP contribution in [0.3, 0.4) is 0 Å². The van der Waals surface area contributed by atoms with E-state index in [0.29, 0.717) is 12.3 Å². The van der Waals surface area contributed by atoms with Gasteiger partial charge in [-0.25, -0.2) is 4.39 Å². The minimum absolute atomic E-state index is 0.00528. The summed E-state index contributed by atoms with van der Waals surface area (Å²) in [7, 11) is 0. The van der Waals surface area contributed by atoms with Gasteiger partial charge in [0.1, 0.15) is 5.82 Å². The van der Waals surface area contributed by atoms with Gasteiger partial charge in [-0.3, -0.25) is 9.59 Å². The highest BCUT2D eigenvalue weighted by Gasteiger charge is 2.10. The Labute approximate surface area is 109 Å². The van der Waals surface area contributed by atoms with Crippen LogP contribution < -0.4 is 5.32 Å². The standard InChI is InChI=1S/C12H14FNO3S/c1-8-2-3-10(13)9(6-8)12(17)14-4-5-18-7-11(15)16/h2-3,6H,4-5,7H2,1H3,(H,14,17)(H,15,16). The monoisotopic (exact) mass is 271 g/mol. The average Bonchev–Trinajstić information content (AvgIpc) is 2.31. The molecule has 0 saturated carbocycles. The predicted molar refractivity (Wildman–Crippen MR) is 68.4 cm³/mol. The number of aryl methyl sites for hydroxylation is 1. The van der Waals surface area contributed by atoms with Crippen molar-refractivity contribution in [3.05, 3.63) is 35.1 Å². The number of thioether (sulfide) groups is 1. The van der Waals surface area contributed by atoms with Crippen LogP contribution in [0, 0.1) is 12.7 Å². The maximum atomic E-state index is 13.4. The molecule has 0 spiro atoms.